The fourth-order valence-electron chi connectivity index (χ4n) is 4.98. The Bertz CT molecular complexity index is 1640. The standard InChI is InChI=1S/C25H4BF18/c1-3-10(29)14(33)7(15(34)11(3)30)26(6-12(31)4(27)2-5(28)13(6)32,8-16(35)20(39)24(43)21(40)17(8)36)9-18(37)22(41)25(44)23(42)19(9)38/h2H,1H3/q-1. The second-order valence-corrected chi connectivity index (χ2v) is 9.01. The number of benzene rings is 4. The molecule has 19 heteroatoms. The second kappa shape index (κ2) is 10.7. The average molecular weight is 657 g/mol. The lowest BCUT2D eigenvalue weighted by atomic mass is 9.12. The van der Waals surface area contributed by atoms with Gasteiger partial charge in [-0.2, -0.15) is 0 Å². The first-order valence-corrected chi connectivity index (χ1v) is 11.1. The summed E-state index contributed by atoms with van der Waals surface area (Å²) in [5, 5.41) is 0. The van der Waals surface area contributed by atoms with E-state index < -0.39 is 144 Å². The smallest absolute Gasteiger partial charge is 0.200 e. The molecular weight excluding hydrogens is 653 g/mol. The van der Waals surface area contributed by atoms with Crippen LogP contribution in [0.2, 0.25) is 0 Å². The fourth-order valence-corrected chi connectivity index (χ4v) is 4.98. The largest absolute Gasteiger partial charge is 0.207 e. The zero-order valence-corrected chi connectivity index (χ0v) is 20.5. The third-order valence-electron chi connectivity index (χ3n) is 6.88. The topological polar surface area (TPSA) is 0 Å². The molecule has 0 heterocycles. The third kappa shape index (κ3) is 4.07. The van der Waals surface area contributed by atoms with Crippen molar-refractivity contribution in [1.29, 1.82) is 0 Å². The molecule has 0 aromatic heterocycles. The van der Waals surface area contributed by atoms with Gasteiger partial charge < -0.3 is 0 Å². The summed E-state index contributed by atoms with van der Waals surface area (Å²) in [6.07, 6.45) is -6.87. The summed E-state index contributed by atoms with van der Waals surface area (Å²) in [6, 6.07) is -0.797. The Morgan fingerprint density at radius 3 is 0.773 bits per heavy atom. The van der Waals surface area contributed by atoms with E-state index in [0.29, 0.717) is 0 Å². The van der Waals surface area contributed by atoms with E-state index in [1.165, 1.54) is 0 Å². The maximum atomic E-state index is 15.6. The van der Waals surface area contributed by atoms with Gasteiger partial charge in [-0.15, -0.1) is 21.9 Å². The van der Waals surface area contributed by atoms with Crippen molar-refractivity contribution in [2.24, 2.45) is 0 Å². The lowest BCUT2D eigenvalue weighted by Crippen LogP contribution is -2.81. The van der Waals surface area contributed by atoms with Gasteiger partial charge in [-0.05, 0) is 6.92 Å². The molecule has 0 unspecified atom stereocenters. The van der Waals surface area contributed by atoms with Crippen LogP contribution in [0.3, 0.4) is 0 Å². The van der Waals surface area contributed by atoms with E-state index in [1.54, 1.807) is 0 Å². The van der Waals surface area contributed by atoms with Gasteiger partial charge in [-0.1, -0.05) is 0 Å². The number of hydrogen-bond donors (Lipinski definition) is 0. The van der Waals surface area contributed by atoms with Crippen LogP contribution >= 0.6 is 0 Å². The van der Waals surface area contributed by atoms with E-state index in [9.17, 15) is 43.9 Å². The van der Waals surface area contributed by atoms with Crippen molar-refractivity contribution in [3.05, 3.63) is 116 Å². The van der Waals surface area contributed by atoms with E-state index in [0.717, 1.165) is 0 Å². The number of halogens is 18. The lowest BCUT2D eigenvalue weighted by molar-refractivity contribution is 0.381. The molecule has 0 spiro atoms. The first kappa shape index (κ1) is 32.6. The molecule has 234 valence electrons. The number of hydrogen-bond acceptors (Lipinski definition) is 0. The molecule has 0 nitrogen and oxygen atoms in total. The molecule has 0 aliphatic carbocycles. The Labute approximate surface area is 231 Å². The zero-order chi connectivity index (χ0) is 33.5. The van der Waals surface area contributed by atoms with Crippen LogP contribution in [0.1, 0.15) is 5.56 Å². The van der Waals surface area contributed by atoms with Crippen LogP contribution < -0.4 is 21.9 Å². The molecule has 0 atom stereocenters. The maximum absolute atomic E-state index is 15.6. The van der Waals surface area contributed by atoms with Gasteiger partial charge >= 0.3 is 0 Å². The van der Waals surface area contributed by atoms with Crippen LogP contribution in [0.4, 0.5) is 79.0 Å². The van der Waals surface area contributed by atoms with Crippen LogP contribution in [-0.2, 0) is 0 Å². The first-order chi connectivity index (χ1) is 20.3. The molecule has 4 aromatic rings. The fraction of sp³-hybridized carbons (Fsp3) is 0.0400. The predicted octanol–water partition coefficient (Wildman–Crippen LogP) is 5.88. The van der Waals surface area contributed by atoms with E-state index in [1.807, 2.05) is 0 Å². The Balaban J connectivity index is 2.68. The van der Waals surface area contributed by atoms with Crippen molar-refractivity contribution >= 4 is 28.0 Å². The summed E-state index contributed by atoms with van der Waals surface area (Å²) >= 11 is 0. The summed E-state index contributed by atoms with van der Waals surface area (Å²) in [4.78, 5) is 0. The highest BCUT2D eigenvalue weighted by Gasteiger charge is 2.51. The van der Waals surface area contributed by atoms with E-state index in [4.69, 9.17) is 0 Å². The highest BCUT2D eigenvalue weighted by Crippen LogP contribution is 2.30. The minimum atomic E-state index is -6.87. The molecule has 0 bridgehead atoms. The van der Waals surface area contributed by atoms with Gasteiger partial charge in [-0.25, -0.2) is 79.0 Å². The van der Waals surface area contributed by atoms with E-state index >= 15 is 35.1 Å². The Kier molecular flexibility index (Phi) is 7.92. The van der Waals surface area contributed by atoms with Crippen LogP contribution in [-0.4, -0.2) is 6.15 Å². The molecule has 4 aromatic carbocycles. The molecule has 4 rings (SSSR count). The highest BCUT2D eigenvalue weighted by molar-refractivity contribution is 7.20. The van der Waals surface area contributed by atoms with Crippen LogP contribution in [0, 0.1) is 112 Å². The molecule has 0 saturated carbocycles. The summed E-state index contributed by atoms with van der Waals surface area (Å²) in [6.45, 7) is 0.190. The Morgan fingerprint density at radius 1 is 0.295 bits per heavy atom. The van der Waals surface area contributed by atoms with Gasteiger partial charge in [0, 0.05) is 11.6 Å². The summed E-state index contributed by atoms with van der Waals surface area (Å²) in [5.74, 6) is -58.4. The molecule has 0 aliphatic rings. The second-order valence-electron chi connectivity index (χ2n) is 9.01. The van der Waals surface area contributed by atoms with Crippen LogP contribution in [0.15, 0.2) is 6.07 Å². The molecule has 44 heavy (non-hydrogen) atoms. The lowest BCUT2D eigenvalue weighted by Gasteiger charge is -2.45. The Hall–Kier alpha value is -4.32. The van der Waals surface area contributed by atoms with Crippen LogP contribution in [0.5, 0.6) is 0 Å². The minimum Gasteiger partial charge on any atom is -0.207 e. The van der Waals surface area contributed by atoms with Crippen molar-refractivity contribution in [3.8, 4) is 0 Å². The van der Waals surface area contributed by atoms with Crippen molar-refractivity contribution < 1.29 is 79.0 Å². The number of rotatable bonds is 4. The molecule has 0 fully saturated rings. The maximum Gasteiger partial charge on any atom is 0.200 e. The van der Waals surface area contributed by atoms with Gasteiger partial charge in [0.05, 0.1) is 0 Å². The third-order valence-corrected chi connectivity index (χ3v) is 6.88. The SMILES string of the molecule is Cc1c(F)c(F)c([B-](c2c(F)c(F)cc(F)c2F)(c2c(F)c(F)c(F)c(F)c2F)c2c(F)c(F)c(F)c(F)c2F)c(F)c1F. The van der Waals surface area contributed by atoms with Crippen molar-refractivity contribution in [1.82, 2.24) is 0 Å². The van der Waals surface area contributed by atoms with Gasteiger partial charge in [-0.3, -0.25) is 0 Å². The van der Waals surface area contributed by atoms with Crippen LogP contribution in [0.25, 0.3) is 0 Å². The van der Waals surface area contributed by atoms with Gasteiger partial charge in [0.2, 0.25) is 0 Å². The molecule has 0 amide bonds. The molecular formula is C25H4BF18-. The molecule has 0 radical (unpaired) electrons. The first-order valence-electron chi connectivity index (χ1n) is 11.1. The quantitative estimate of drug-likeness (QED) is 0.112. The average Bonchev–Trinajstić information content (AvgIpc) is 2.98. The van der Waals surface area contributed by atoms with Gasteiger partial charge in [0.15, 0.2) is 58.2 Å². The van der Waals surface area contributed by atoms with E-state index in [-0.39, 0.29) is 6.92 Å². The molecule has 0 aliphatic heterocycles. The van der Waals surface area contributed by atoms with Crippen molar-refractivity contribution in [2.45, 2.75) is 6.92 Å². The Morgan fingerprint density at radius 2 is 0.500 bits per heavy atom. The molecule has 0 N–H and O–H groups in total. The minimum absolute atomic E-state index is 0.190. The van der Waals surface area contributed by atoms with Crippen molar-refractivity contribution in [3.63, 3.8) is 0 Å². The normalized spacial score (nSPS) is 12.0. The monoisotopic (exact) mass is 657 g/mol. The zero-order valence-electron chi connectivity index (χ0n) is 20.5. The predicted molar refractivity (Wildman–Crippen MR) is 114 cm³/mol. The van der Waals surface area contributed by atoms with Gasteiger partial charge in [0.1, 0.15) is 52.7 Å². The summed E-state index contributed by atoms with van der Waals surface area (Å²) in [7, 11) is 0. The van der Waals surface area contributed by atoms with E-state index in [2.05, 4.69) is 0 Å². The molecule has 0 saturated heterocycles. The van der Waals surface area contributed by atoms with Gasteiger partial charge in [0.25, 0.3) is 0 Å². The van der Waals surface area contributed by atoms with Crippen molar-refractivity contribution in [2.75, 3.05) is 0 Å². The summed E-state index contributed by atoms with van der Waals surface area (Å²) in [5.41, 5.74) is -14.9. The highest BCUT2D eigenvalue weighted by atomic mass is 19.2. The summed E-state index contributed by atoms with van der Waals surface area (Å²) < 4.78 is 268.